The summed E-state index contributed by atoms with van der Waals surface area (Å²) in [4.78, 5) is 33.7. The average molecular weight is 632 g/mol. The van der Waals surface area contributed by atoms with E-state index >= 15 is 0 Å². The minimum Gasteiger partial charge on any atom is -0.400 e. The van der Waals surface area contributed by atoms with Crippen LogP contribution in [0.2, 0.25) is 10.0 Å². The molecule has 2 aromatic carbocycles. The SMILES string of the molecule is CN=C(C1=C(N)[C@H](C)N(C(=O)c2cc(F)cc(-c3ccc(=O)[nH]c3)c2Cl)CC1)c1cc(Cl)cc(C2(S(C)(=O)=O)CC2)c1. The van der Waals surface area contributed by atoms with Gasteiger partial charge < -0.3 is 15.6 Å². The molecule has 3 aromatic rings. The third-order valence-electron chi connectivity index (χ3n) is 8.11. The van der Waals surface area contributed by atoms with E-state index in [-0.39, 0.29) is 28.3 Å². The van der Waals surface area contributed by atoms with Crippen LogP contribution in [0, 0.1) is 5.82 Å². The highest BCUT2D eigenvalue weighted by molar-refractivity contribution is 7.92. The Morgan fingerprint density at radius 2 is 1.88 bits per heavy atom. The molecule has 0 unspecified atom stereocenters. The number of carbonyl (C=O) groups is 1. The molecule has 5 rings (SSSR count). The van der Waals surface area contributed by atoms with Crippen LogP contribution in [0.15, 0.2) is 69.7 Å². The predicted molar refractivity (Wildman–Crippen MR) is 163 cm³/mol. The molecular formula is C30H29Cl2FN4O4S. The van der Waals surface area contributed by atoms with Crippen molar-refractivity contribution in [1.82, 2.24) is 9.88 Å². The molecule has 2 heterocycles. The number of hydrogen-bond donors (Lipinski definition) is 2. The Labute approximate surface area is 253 Å². The van der Waals surface area contributed by atoms with Gasteiger partial charge >= 0.3 is 0 Å². The molecule has 2 aliphatic rings. The molecule has 1 fully saturated rings. The number of rotatable bonds is 6. The third-order valence-corrected chi connectivity index (χ3v) is 10.8. The lowest BCUT2D eigenvalue weighted by Crippen LogP contribution is -2.46. The van der Waals surface area contributed by atoms with Crippen molar-refractivity contribution in [2.45, 2.75) is 37.0 Å². The summed E-state index contributed by atoms with van der Waals surface area (Å²) in [7, 11) is -1.74. The molecule has 0 saturated heterocycles. The number of benzene rings is 2. The smallest absolute Gasteiger partial charge is 0.256 e. The number of aliphatic imine (C=N–C) groups is 1. The first-order chi connectivity index (χ1) is 19.8. The van der Waals surface area contributed by atoms with E-state index in [4.69, 9.17) is 28.9 Å². The van der Waals surface area contributed by atoms with Gasteiger partial charge in [0.1, 0.15) is 5.82 Å². The van der Waals surface area contributed by atoms with Crippen LogP contribution >= 0.6 is 23.2 Å². The van der Waals surface area contributed by atoms with Crippen molar-refractivity contribution in [3.63, 3.8) is 0 Å². The largest absolute Gasteiger partial charge is 0.400 e. The molecule has 3 N–H and O–H groups in total. The van der Waals surface area contributed by atoms with Crippen LogP contribution in [0.3, 0.4) is 0 Å². The number of carbonyl (C=O) groups excluding carboxylic acids is 1. The zero-order chi connectivity index (χ0) is 30.6. The number of sulfone groups is 1. The Morgan fingerprint density at radius 1 is 1.17 bits per heavy atom. The minimum atomic E-state index is -3.36. The summed E-state index contributed by atoms with van der Waals surface area (Å²) in [6.07, 6.45) is 4.03. The van der Waals surface area contributed by atoms with Crippen LogP contribution in [0.25, 0.3) is 11.1 Å². The van der Waals surface area contributed by atoms with Gasteiger partial charge in [-0.25, -0.2) is 12.8 Å². The highest BCUT2D eigenvalue weighted by Gasteiger charge is 2.53. The summed E-state index contributed by atoms with van der Waals surface area (Å²) in [5.41, 5.74) is 9.92. The Bertz CT molecular complexity index is 1830. The zero-order valence-corrected chi connectivity index (χ0v) is 25.5. The number of nitrogens with two attached hydrogens (primary N) is 1. The van der Waals surface area contributed by atoms with Crippen LogP contribution in [0.1, 0.15) is 47.7 Å². The summed E-state index contributed by atoms with van der Waals surface area (Å²) in [5, 5.41) is 0.439. The minimum absolute atomic E-state index is 0.0275. The fourth-order valence-corrected chi connectivity index (χ4v) is 7.55. The van der Waals surface area contributed by atoms with Gasteiger partial charge in [-0.2, -0.15) is 0 Å². The van der Waals surface area contributed by atoms with E-state index < -0.39 is 32.4 Å². The zero-order valence-electron chi connectivity index (χ0n) is 23.2. The number of nitrogens with one attached hydrogen (secondary N) is 1. The number of pyridine rings is 1. The van der Waals surface area contributed by atoms with E-state index in [9.17, 15) is 22.4 Å². The topological polar surface area (TPSA) is 126 Å². The van der Waals surface area contributed by atoms with Crippen LogP contribution in [-0.4, -0.2) is 55.8 Å². The molecule has 1 aliphatic heterocycles. The summed E-state index contributed by atoms with van der Waals surface area (Å²) >= 11 is 13.1. The first-order valence-corrected chi connectivity index (χ1v) is 15.9. The second kappa shape index (κ2) is 11.0. The number of aromatic nitrogens is 1. The fraction of sp³-hybridized carbons (Fsp3) is 0.300. The summed E-state index contributed by atoms with van der Waals surface area (Å²) in [5.74, 6) is -1.15. The van der Waals surface area contributed by atoms with E-state index in [0.29, 0.717) is 58.0 Å². The van der Waals surface area contributed by atoms with Crippen molar-refractivity contribution in [3.05, 3.63) is 103 Å². The molecule has 8 nitrogen and oxygen atoms in total. The maximum Gasteiger partial charge on any atom is 0.256 e. The standard InChI is InChI=1S/C30H29Cl2FN4O4S/c1-16-27(34)22(28(35-2)18-10-19(12-20(31)11-18)30(7-8-30)42(3,40)41)6-9-37(16)29(39)24-14-21(33)13-23(26(24)32)17-4-5-25(38)36-15-17/h4-5,10-16H,6-9,34H2,1-3H3,(H,36,38)/t16-/m0/s1. The van der Waals surface area contributed by atoms with Gasteiger partial charge in [0, 0.05) is 59.5 Å². The van der Waals surface area contributed by atoms with Gasteiger partial charge in [-0.15, -0.1) is 0 Å². The van der Waals surface area contributed by atoms with Gasteiger partial charge in [-0.3, -0.25) is 14.6 Å². The molecule has 1 aromatic heterocycles. The lowest BCUT2D eigenvalue weighted by molar-refractivity contribution is 0.0706. The normalized spacial score (nSPS) is 18.8. The fourth-order valence-electron chi connectivity index (χ4n) is 5.63. The van der Waals surface area contributed by atoms with Crippen molar-refractivity contribution in [3.8, 4) is 11.1 Å². The highest BCUT2D eigenvalue weighted by Crippen LogP contribution is 2.53. The van der Waals surface area contributed by atoms with Crippen LogP contribution in [0.5, 0.6) is 0 Å². The number of amides is 1. The summed E-state index contributed by atoms with van der Waals surface area (Å²) in [6.45, 7) is 2.01. The van der Waals surface area contributed by atoms with Crippen molar-refractivity contribution < 1.29 is 17.6 Å². The summed E-state index contributed by atoms with van der Waals surface area (Å²) in [6, 6.07) is 9.70. The van der Waals surface area contributed by atoms with Gasteiger partial charge in [-0.05, 0) is 73.7 Å². The van der Waals surface area contributed by atoms with Crippen molar-refractivity contribution >= 4 is 44.7 Å². The second-order valence-corrected chi connectivity index (χ2v) is 13.8. The van der Waals surface area contributed by atoms with E-state index in [0.717, 1.165) is 6.07 Å². The van der Waals surface area contributed by atoms with Gasteiger partial charge in [0.25, 0.3) is 5.91 Å². The Hall–Kier alpha value is -3.47. The van der Waals surface area contributed by atoms with Gasteiger partial charge in [0.05, 0.1) is 27.1 Å². The molecular weight excluding hydrogens is 602 g/mol. The van der Waals surface area contributed by atoms with Gasteiger partial charge in [0.15, 0.2) is 9.84 Å². The van der Waals surface area contributed by atoms with Crippen molar-refractivity contribution in [2.24, 2.45) is 10.7 Å². The average Bonchev–Trinajstić information content (AvgIpc) is 3.75. The number of aromatic amines is 1. The molecule has 42 heavy (non-hydrogen) atoms. The Morgan fingerprint density at radius 3 is 2.48 bits per heavy atom. The molecule has 12 heteroatoms. The lowest BCUT2D eigenvalue weighted by atomic mass is 9.90. The predicted octanol–water partition coefficient (Wildman–Crippen LogP) is 5.09. The number of H-pyrrole nitrogens is 1. The highest BCUT2D eigenvalue weighted by atomic mass is 35.5. The van der Waals surface area contributed by atoms with Gasteiger partial charge in [-0.1, -0.05) is 23.2 Å². The van der Waals surface area contributed by atoms with Crippen LogP contribution < -0.4 is 11.3 Å². The maximum absolute atomic E-state index is 14.7. The molecule has 1 atom stereocenters. The number of nitrogens with zero attached hydrogens (tertiary/aromatic N) is 2. The van der Waals surface area contributed by atoms with E-state index in [2.05, 4.69) is 9.98 Å². The first kappa shape index (κ1) is 30.0. The lowest BCUT2D eigenvalue weighted by Gasteiger charge is -2.36. The van der Waals surface area contributed by atoms with E-state index in [1.165, 1.54) is 35.6 Å². The molecule has 1 amide bonds. The molecule has 1 aliphatic carbocycles. The molecule has 0 radical (unpaired) electrons. The first-order valence-electron chi connectivity index (χ1n) is 13.2. The van der Waals surface area contributed by atoms with Crippen molar-refractivity contribution in [2.75, 3.05) is 19.8 Å². The third kappa shape index (κ3) is 5.27. The van der Waals surface area contributed by atoms with Gasteiger partial charge in [0.2, 0.25) is 5.56 Å². The Balaban J connectivity index is 1.48. The van der Waals surface area contributed by atoms with Crippen LogP contribution in [-0.2, 0) is 14.6 Å². The quantitative estimate of drug-likeness (QED) is 0.367. The summed E-state index contributed by atoms with van der Waals surface area (Å²) < 4.78 is 38.9. The van der Waals surface area contributed by atoms with E-state index in [1.54, 1.807) is 32.2 Å². The Kier molecular flexibility index (Phi) is 7.85. The molecule has 0 spiro atoms. The maximum atomic E-state index is 14.7. The molecule has 0 bridgehead atoms. The monoisotopic (exact) mass is 630 g/mol. The molecule has 1 saturated carbocycles. The second-order valence-electron chi connectivity index (χ2n) is 10.7. The van der Waals surface area contributed by atoms with E-state index in [1.807, 2.05) is 0 Å². The number of halogens is 3. The van der Waals surface area contributed by atoms with Crippen LogP contribution in [0.4, 0.5) is 4.39 Å². The number of hydrogen-bond acceptors (Lipinski definition) is 6. The molecule has 220 valence electrons. The van der Waals surface area contributed by atoms with Crippen molar-refractivity contribution in [1.29, 1.82) is 0 Å².